The zero-order chi connectivity index (χ0) is 18.5. The fraction of sp³-hybridized carbons (Fsp3) is 0. The van der Waals surface area contributed by atoms with Gasteiger partial charge in [0, 0.05) is 22.2 Å². The average Bonchev–Trinajstić information content (AvgIpc) is 3.10. The first-order valence-electron chi connectivity index (χ1n) is 7.70. The van der Waals surface area contributed by atoms with Crippen LogP contribution >= 0.6 is 11.6 Å². The van der Waals surface area contributed by atoms with Crippen molar-refractivity contribution in [1.29, 1.82) is 0 Å². The third kappa shape index (κ3) is 4.20. The summed E-state index contributed by atoms with van der Waals surface area (Å²) in [5, 5.41) is 12.1. The van der Waals surface area contributed by atoms with Crippen LogP contribution in [0.3, 0.4) is 0 Å². The number of furan rings is 1. The predicted molar refractivity (Wildman–Crippen MR) is 98.7 cm³/mol. The van der Waals surface area contributed by atoms with Crippen molar-refractivity contribution >= 4 is 29.6 Å². The van der Waals surface area contributed by atoms with Crippen molar-refractivity contribution in [2.75, 3.05) is 0 Å². The second kappa shape index (κ2) is 7.72. The minimum atomic E-state index is -1.28. The topological polar surface area (TPSA) is 79.5 Å². The lowest BCUT2D eigenvalue weighted by Gasteiger charge is -2.06. The van der Waals surface area contributed by atoms with Crippen molar-refractivity contribution in [3.8, 4) is 11.3 Å². The Bertz CT molecular complexity index is 976. The summed E-state index contributed by atoms with van der Waals surface area (Å²) in [6, 6.07) is 19.0. The Morgan fingerprint density at radius 3 is 2.46 bits per heavy atom. The molecule has 130 valence electrons. The fourth-order valence-electron chi connectivity index (χ4n) is 2.31. The Morgan fingerprint density at radius 1 is 1.00 bits per heavy atom. The van der Waals surface area contributed by atoms with Crippen LogP contribution in [0, 0.1) is 0 Å². The second-order valence-corrected chi connectivity index (χ2v) is 5.83. The smallest absolute Gasteiger partial charge is 0.352 e. The van der Waals surface area contributed by atoms with Crippen molar-refractivity contribution in [2.45, 2.75) is 0 Å². The maximum Gasteiger partial charge on any atom is 0.352 e. The first-order chi connectivity index (χ1) is 12.5. The molecule has 6 heteroatoms. The van der Waals surface area contributed by atoms with Crippen molar-refractivity contribution in [1.82, 2.24) is 5.32 Å². The molecule has 0 spiro atoms. The van der Waals surface area contributed by atoms with Crippen LogP contribution in [0.4, 0.5) is 0 Å². The van der Waals surface area contributed by atoms with Crippen LogP contribution in [0.5, 0.6) is 0 Å². The molecule has 0 atom stereocenters. The van der Waals surface area contributed by atoms with Crippen molar-refractivity contribution < 1.29 is 19.1 Å². The van der Waals surface area contributed by atoms with Gasteiger partial charge in [0.05, 0.1) is 0 Å². The van der Waals surface area contributed by atoms with E-state index in [0.29, 0.717) is 16.5 Å². The number of carboxylic acids is 1. The van der Waals surface area contributed by atoms with Gasteiger partial charge in [-0.05, 0) is 30.3 Å². The predicted octanol–water partition coefficient (Wildman–Crippen LogP) is 4.46. The van der Waals surface area contributed by atoms with Gasteiger partial charge in [0.25, 0.3) is 5.91 Å². The van der Waals surface area contributed by atoms with Crippen LogP contribution in [-0.4, -0.2) is 17.0 Å². The maximum absolute atomic E-state index is 12.2. The summed E-state index contributed by atoms with van der Waals surface area (Å²) in [4.78, 5) is 23.7. The number of carbonyl (C=O) groups excluding carboxylic acids is 1. The summed E-state index contributed by atoms with van der Waals surface area (Å²) in [5.41, 5.74) is 0.824. The van der Waals surface area contributed by atoms with Gasteiger partial charge in [0.2, 0.25) is 0 Å². The van der Waals surface area contributed by atoms with Gasteiger partial charge in [-0.25, -0.2) is 4.79 Å². The van der Waals surface area contributed by atoms with Crippen LogP contribution in [0.1, 0.15) is 16.1 Å². The van der Waals surface area contributed by atoms with E-state index in [1.54, 1.807) is 30.3 Å². The highest BCUT2D eigenvalue weighted by molar-refractivity contribution is 6.31. The molecule has 0 bridgehead atoms. The van der Waals surface area contributed by atoms with Crippen LogP contribution in [-0.2, 0) is 4.79 Å². The van der Waals surface area contributed by atoms with E-state index in [4.69, 9.17) is 16.0 Å². The van der Waals surface area contributed by atoms with E-state index in [1.807, 2.05) is 30.3 Å². The van der Waals surface area contributed by atoms with E-state index in [-0.39, 0.29) is 11.3 Å². The number of hydrogen-bond donors (Lipinski definition) is 2. The van der Waals surface area contributed by atoms with Gasteiger partial charge in [-0.1, -0.05) is 48.0 Å². The molecule has 0 aliphatic rings. The quantitative estimate of drug-likeness (QED) is 0.653. The zero-order valence-corrected chi connectivity index (χ0v) is 14.2. The number of amides is 1. The zero-order valence-electron chi connectivity index (χ0n) is 13.5. The molecule has 0 radical (unpaired) electrons. The molecular weight excluding hydrogens is 354 g/mol. The van der Waals surface area contributed by atoms with Crippen LogP contribution in [0.25, 0.3) is 17.4 Å². The Labute approximate surface area is 154 Å². The number of hydrogen-bond acceptors (Lipinski definition) is 3. The molecule has 0 saturated heterocycles. The van der Waals surface area contributed by atoms with E-state index in [2.05, 4.69) is 5.32 Å². The lowest BCUT2D eigenvalue weighted by molar-refractivity contribution is -0.132. The standard InChI is InChI=1S/C20H14ClNO4/c21-15-8-4-7-14(11-15)19(23)22-17(20(24)25)12-16-9-10-18(26-16)13-5-2-1-3-6-13/h1-12H,(H,22,23)(H,24,25). The van der Waals surface area contributed by atoms with Gasteiger partial charge in [-0.15, -0.1) is 0 Å². The monoisotopic (exact) mass is 367 g/mol. The van der Waals surface area contributed by atoms with Gasteiger partial charge in [-0.3, -0.25) is 4.79 Å². The largest absolute Gasteiger partial charge is 0.477 e. The summed E-state index contributed by atoms with van der Waals surface area (Å²) >= 11 is 5.85. The fourth-order valence-corrected chi connectivity index (χ4v) is 2.50. The van der Waals surface area contributed by atoms with Crippen molar-refractivity contribution in [3.63, 3.8) is 0 Å². The molecule has 2 aromatic carbocycles. The van der Waals surface area contributed by atoms with E-state index < -0.39 is 11.9 Å². The summed E-state index contributed by atoms with van der Waals surface area (Å²) in [6.45, 7) is 0. The van der Waals surface area contributed by atoms with Gasteiger partial charge < -0.3 is 14.8 Å². The van der Waals surface area contributed by atoms with Crippen LogP contribution < -0.4 is 5.32 Å². The van der Waals surface area contributed by atoms with Gasteiger partial charge in [0.1, 0.15) is 17.2 Å². The molecule has 5 nitrogen and oxygen atoms in total. The normalized spacial score (nSPS) is 11.2. The van der Waals surface area contributed by atoms with E-state index >= 15 is 0 Å². The van der Waals surface area contributed by atoms with E-state index in [1.165, 1.54) is 12.1 Å². The molecular formula is C20H14ClNO4. The molecule has 0 aliphatic carbocycles. The highest BCUT2D eigenvalue weighted by Crippen LogP contribution is 2.23. The molecule has 3 rings (SSSR count). The Balaban J connectivity index is 1.83. The number of rotatable bonds is 5. The number of halogens is 1. The third-order valence-electron chi connectivity index (χ3n) is 3.54. The first kappa shape index (κ1) is 17.5. The lowest BCUT2D eigenvalue weighted by atomic mass is 10.2. The molecule has 26 heavy (non-hydrogen) atoms. The van der Waals surface area contributed by atoms with Gasteiger partial charge in [0.15, 0.2) is 0 Å². The van der Waals surface area contributed by atoms with E-state index in [9.17, 15) is 14.7 Å². The number of carbonyl (C=O) groups is 2. The third-order valence-corrected chi connectivity index (χ3v) is 3.77. The highest BCUT2D eigenvalue weighted by Gasteiger charge is 2.15. The summed E-state index contributed by atoms with van der Waals surface area (Å²) < 4.78 is 5.64. The number of benzene rings is 2. The highest BCUT2D eigenvalue weighted by atomic mass is 35.5. The number of aliphatic carboxylic acids is 1. The molecule has 0 fully saturated rings. The Hall–Kier alpha value is -3.31. The van der Waals surface area contributed by atoms with Crippen molar-refractivity contribution in [2.24, 2.45) is 0 Å². The molecule has 0 saturated carbocycles. The Kier molecular flexibility index (Phi) is 5.20. The van der Waals surface area contributed by atoms with Crippen LogP contribution in [0.2, 0.25) is 5.02 Å². The van der Waals surface area contributed by atoms with Gasteiger partial charge in [-0.2, -0.15) is 0 Å². The molecule has 0 aliphatic heterocycles. The summed E-state index contributed by atoms with van der Waals surface area (Å²) in [7, 11) is 0. The average molecular weight is 368 g/mol. The number of carboxylic acid groups (broad SMARTS) is 1. The lowest BCUT2D eigenvalue weighted by Crippen LogP contribution is -2.27. The van der Waals surface area contributed by atoms with E-state index in [0.717, 1.165) is 5.56 Å². The minimum Gasteiger partial charge on any atom is -0.477 e. The second-order valence-electron chi connectivity index (χ2n) is 5.40. The molecule has 0 unspecified atom stereocenters. The number of nitrogens with one attached hydrogen (secondary N) is 1. The summed E-state index contributed by atoms with van der Waals surface area (Å²) in [6.07, 6.45) is 1.26. The summed E-state index contributed by atoms with van der Waals surface area (Å²) in [5.74, 6) is -0.940. The molecule has 1 amide bonds. The van der Waals surface area contributed by atoms with Crippen LogP contribution in [0.15, 0.2) is 76.8 Å². The maximum atomic E-state index is 12.2. The Morgan fingerprint density at radius 2 is 1.77 bits per heavy atom. The molecule has 1 aromatic heterocycles. The molecule has 2 N–H and O–H groups in total. The first-order valence-corrected chi connectivity index (χ1v) is 8.08. The molecule has 3 aromatic rings. The van der Waals surface area contributed by atoms with Crippen molar-refractivity contribution in [3.05, 3.63) is 88.8 Å². The van der Waals surface area contributed by atoms with Gasteiger partial charge >= 0.3 is 5.97 Å². The molecule has 1 heterocycles. The SMILES string of the molecule is O=C(O)C(=Cc1ccc(-c2ccccc2)o1)NC(=O)c1cccc(Cl)c1. The minimum absolute atomic E-state index is 0.258.